The molecule has 0 radical (unpaired) electrons. The zero-order valence-electron chi connectivity index (χ0n) is 11.0. The Morgan fingerprint density at radius 2 is 1.94 bits per heavy atom. The molecule has 1 aliphatic heterocycles. The molecule has 0 spiro atoms. The number of likely N-dealkylation sites (tertiary alicyclic amines) is 1. The summed E-state index contributed by atoms with van der Waals surface area (Å²) in [7, 11) is 0. The summed E-state index contributed by atoms with van der Waals surface area (Å²) >= 11 is 0. The van der Waals surface area contributed by atoms with Crippen LogP contribution in [0.4, 0.5) is 0 Å². The van der Waals surface area contributed by atoms with Crippen LogP contribution in [0.25, 0.3) is 0 Å². The van der Waals surface area contributed by atoms with Crippen LogP contribution < -0.4 is 5.32 Å². The maximum Gasteiger partial charge on any atom is 0.240 e. The summed E-state index contributed by atoms with van der Waals surface area (Å²) < 4.78 is 0. The number of carbonyl (C=O) groups excluding carboxylic acids is 1. The maximum atomic E-state index is 12.4. The topological polar surface area (TPSA) is 52.6 Å². The Balaban J connectivity index is 1.62. The predicted molar refractivity (Wildman–Crippen MR) is 69.1 cm³/mol. The van der Waals surface area contributed by atoms with Gasteiger partial charge in [0.2, 0.25) is 5.91 Å². The van der Waals surface area contributed by atoms with Crippen LogP contribution in [-0.4, -0.2) is 47.2 Å². The van der Waals surface area contributed by atoms with Gasteiger partial charge in [-0.2, -0.15) is 0 Å². The first-order valence-corrected chi connectivity index (χ1v) is 7.47. The molecule has 18 heavy (non-hydrogen) atoms. The first-order chi connectivity index (χ1) is 8.79. The van der Waals surface area contributed by atoms with Crippen molar-refractivity contribution in [3.8, 4) is 0 Å². The van der Waals surface area contributed by atoms with Crippen LogP contribution in [0.5, 0.6) is 0 Å². The lowest BCUT2D eigenvalue weighted by Crippen LogP contribution is -2.48. The van der Waals surface area contributed by atoms with E-state index in [2.05, 4.69) is 10.2 Å². The average molecular weight is 252 g/mol. The molecule has 3 unspecified atom stereocenters. The van der Waals surface area contributed by atoms with Crippen molar-refractivity contribution in [1.29, 1.82) is 0 Å². The molecule has 1 heterocycles. The normalized spacial score (nSPS) is 37.3. The van der Waals surface area contributed by atoms with Crippen molar-refractivity contribution in [2.45, 2.75) is 63.1 Å². The van der Waals surface area contributed by atoms with Crippen LogP contribution in [0, 0.1) is 5.92 Å². The quantitative estimate of drug-likeness (QED) is 0.781. The second kappa shape index (κ2) is 5.17. The fourth-order valence-corrected chi connectivity index (χ4v) is 3.53. The van der Waals surface area contributed by atoms with Gasteiger partial charge in [-0.15, -0.1) is 0 Å². The monoisotopic (exact) mass is 252 g/mol. The van der Waals surface area contributed by atoms with Crippen molar-refractivity contribution in [1.82, 2.24) is 10.2 Å². The van der Waals surface area contributed by atoms with Gasteiger partial charge in [-0.05, 0) is 32.1 Å². The number of hydrogen-bond acceptors (Lipinski definition) is 3. The first-order valence-electron chi connectivity index (χ1n) is 7.47. The summed E-state index contributed by atoms with van der Waals surface area (Å²) in [6.07, 6.45) is 7.96. The number of nitrogens with zero attached hydrogens (tertiary/aromatic N) is 1. The summed E-state index contributed by atoms with van der Waals surface area (Å²) in [5, 5.41) is 12.9. The van der Waals surface area contributed by atoms with E-state index in [1.807, 2.05) is 0 Å². The van der Waals surface area contributed by atoms with Gasteiger partial charge in [-0.1, -0.05) is 12.8 Å². The highest BCUT2D eigenvalue weighted by molar-refractivity contribution is 5.84. The summed E-state index contributed by atoms with van der Waals surface area (Å²) in [6.45, 7) is 1.11. The minimum atomic E-state index is 0.0544. The van der Waals surface area contributed by atoms with E-state index in [4.69, 9.17) is 0 Å². The van der Waals surface area contributed by atoms with Crippen LogP contribution in [0.2, 0.25) is 0 Å². The van der Waals surface area contributed by atoms with Gasteiger partial charge in [-0.25, -0.2) is 0 Å². The third-order valence-electron chi connectivity index (χ3n) is 4.76. The molecular formula is C14H24N2O2. The summed E-state index contributed by atoms with van der Waals surface area (Å²) in [4.78, 5) is 14.5. The van der Waals surface area contributed by atoms with Crippen LogP contribution in [-0.2, 0) is 4.79 Å². The molecule has 0 aromatic heterocycles. The Hall–Kier alpha value is -0.610. The third kappa shape index (κ3) is 2.41. The molecule has 3 atom stereocenters. The average Bonchev–Trinajstić information content (AvgIpc) is 3.15. The Labute approximate surface area is 109 Å². The molecule has 0 bridgehead atoms. The van der Waals surface area contributed by atoms with Crippen molar-refractivity contribution in [2.24, 2.45) is 5.92 Å². The number of amides is 1. The molecular weight excluding hydrogens is 228 g/mol. The number of rotatable bonds is 4. The minimum absolute atomic E-state index is 0.0544. The molecule has 3 rings (SSSR count). The van der Waals surface area contributed by atoms with Crippen LogP contribution in [0.15, 0.2) is 0 Å². The molecule has 0 aromatic carbocycles. The molecule has 3 aliphatic rings. The van der Waals surface area contributed by atoms with Gasteiger partial charge >= 0.3 is 0 Å². The molecule has 1 saturated heterocycles. The van der Waals surface area contributed by atoms with Gasteiger partial charge in [0.1, 0.15) is 0 Å². The zero-order valence-corrected chi connectivity index (χ0v) is 11.0. The van der Waals surface area contributed by atoms with Gasteiger partial charge in [-0.3, -0.25) is 4.79 Å². The maximum absolute atomic E-state index is 12.4. The number of nitrogens with one attached hydrogen (secondary N) is 1. The molecule has 2 saturated carbocycles. The van der Waals surface area contributed by atoms with Gasteiger partial charge in [0.25, 0.3) is 0 Å². The highest BCUT2D eigenvalue weighted by Crippen LogP contribution is 2.31. The van der Waals surface area contributed by atoms with E-state index < -0.39 is 0 Å². The van der Waals surface area contributed by atoms with Gasteiger partial charge in [0, 0.05) is 31.2 Å². The van der Waals surface area contributed by atoms with Gasteiger partial charge < -0.3 is 15.3 Å². The van der Waals surface area contributed by atoms with Crippen LogP contribution in [0.1, 0.15) is 44.9 Å². The number of aliphatic hydroxyl groups is 1. The Morgan fingerprint density at radius 1 is 1.17 bits per heavy atom. The van der Waals surface area contributed by atoms with E-state index in [1.54, 1.807) is 0 Å². The van der Waals surface area contributed by atoms with Crippen molar-refractivity contribution in [3.05, 3.63) is 0 Å². The predicted octanol–water partition coefficient (Wildman–Crippen LogP) is 0.890. The molecule has 4 nitrogen and oxygen atoms in total. The van der Waals surface area contributed by atoms with Gasteiger partial charge in [0.15, 0.2) is 0 Å². The number of carbonyl (C=O) groups is 1. The number of hydrogen-bond donors (Lipinski definition) is 2. The van der Waals surface area contributed by atoms with Crippen LogP contribution >= 0.6 is 0 Å². The van der Waals surface area contributed by atoms with Crippen molar-refractivity contribution in [3.63, 3.8) is 0 Å². The van der Waals surface area contributed by atoms with Gasteiger partial charge in [0.05, 0.1) is 6.04 Å². The molecule has 1 amide bonds. The lowest BCUT2D eigenvalue weighted by Gasteiger charge is -2.37. The summed E-state index contributed by atoms with van der Waals surface area (Å²) in [5.41, 5.74) is 0. The fraction of sp³-hybridized carbons (Fsp3) is 0.929. The zero-order chi connectivity index (χ0) is 12.5. The van der Waals surface area contributed by atoms with Crippen LogP contribution in [0.3, 0.4) is 0 Å². The third-order valence-corrected chi connectivity index (χ3v) is 4.76. The first kappa shape index (κ1) is 12.4. The molecule has 3 fully saturated rings. The van der Waals surface area contributed by atoms with E-state index in [-0.39, 0.29) is 18.6 Å². The molecule has 0 aromatic rings. The van der Waals surface area contributed by atoms with E-state index in [0.717, 1.165) is 25.8 Å². The lowest BCUT2D eigenvalue weighted by molar-refractivity contribution is -0.133. The van der Waals surface area contributed by atoms with E-state index in [9.17, 15) is 9.90 Å². The second-order valence-electron chi connectivity index (χ2n) is 6.11. The SMILES string of the molecule is O=C1C(NC2CC2)CCN1C1CCCCC1CO. The highest BCUT2D eigenvalue weighted by atomic mass is 16.3. The van der Waals surface area contributed by atoms with E-state index >= 15 is 0 Å². The fourth-order valence-electron chi connectivity index (χ4n) is 3.53. The Morgan fingerprint density at radius 3 is 2.67 bits per heavy atom. The standard InChI is InChI=1S/C14H24N2O2/c17-9-10-3-1-2-4-13(10)16-8-7-12(14(16)18)15-11-5-6-11/h10-13,15,17H,1-9H2. The second-order valence-corrected chi connectivity index (χ2v) is 6.11. The minimum Gasteiger partial charge on any atom is -0.396 e. The molecule has 102 valence electrons. The summed E-state index contributed by atoms with van der Waals surface area (Å²) in [5.74, 6) is 0.592. The smallest absolute Gasteiger partial charge is 0.240 e. The molecule has 4 heteroatoms. The summed E-state index contributed by atoms with van der Waals surface area (Å²) in [6, 6.07) is 0.944. The molecule has 2 N–H and O–H groups in total. The Kier molecular flexibility index (Phi) is 3.57. The lowest BCUT2D eigenvalue weighted by atomic mass is 9.84. The van der Waals surface area contributed by atoms with Crippen molar-refractivity contribution >= 4 is 5.91 Å². The highest BCUT2D eigenvalue weighted by Gasteiger charge is 2.41. The number of aliphatic hydroxyl groups excluding tert-OH is 1. The Bertz CT molecular complexity index is 317. The molecule has 2 aliphatic carbocycles. The van der Waals surface area contributed by atoms with E-state index in [1.165, 1.54) is 25.7 Å². The largest absolute Gasteiger partial charge is 0.396 e. The van der Waals surface area contributed by atoms with Crippen molar-refractivity contribution < 1.29 is 9.90 Å². The van der Waals surface area contributed by atoms with E-state index in [0.29, 0.717) is 18.0 Å². The van der Waals surface area contributed by atoms with Crippen molar-refractivity contribution in [2.75, 3.05) is 13.2 Å².